The van der Waals surface area contributed by atoms with Gasteiger partial charge in [-0.3, -0.25) is 9.69 Å². The minimum atomic E-state index is -0.0707. The maximum atomic E-state index is 13.1. The van der Waals surface area contributed by atoms with Gasteiger partial charge in [0.2, 0.25) is 0 Å². The van der Waals surface area contributed by atoms with Crippen molar-refractivity contribution in [3.05, 3.63) is 0 Å². The molecule has 3 heteroatoms. The molecular formula is C17H29NO2. The van der Waals surface area contributed by atoms with E-state index >= 15 is 0 Å². The zero-order valence-corrected chi connectivity index (χ0v) is 12.7. The van der Waals surface area contributed by atoms with Crippen molar-refractivity contribution in [3.8, 4) is 0 Å². The first-order valence-electron chi connectivity index (χ1n) is 8.67. The Labute approximate surface area is 123 Å². The minimum Gasteiger partial charge on any atom is -0.381 e. The van der Waals surface area contributed by atoms with Gasteiger partial charge in [-0.05, 0) is 57.5 Å². The number of hydrogen-bond acceptors (Lipinski definition) is 3. The average Bonchev–Trinajstić information content (AvgIpc) is 3.00. The molecule has 0 radical (unpaired) electrons. The molecule has 0 spiro atoms. The first kappa shape index (κ1) is 14.5. The predicted molar refractivity (Wildman–Crippen MR) is 79.8 cm³/mol. The van der Waals surface area contributed by atoms with E-state index in [1.807, 2.05) is 0 Å². The Balaban J connectivity index is 1.66. The Kier molecular flexibility index (Phi) is 4.77. The quantitative estimate of drug-likeness (QED) is 0.791. The van der Waals surface area contributed by atoms with E-state index in [-0.39, 0.29) is 5.54 Å². The molecule has 1 aliphatic carbocycles. The number of carbonyl (C=O) groups is 1. The van der Waals surface area contributed by atoms with E-state index in [0.29, 0.717) is 11.7 Å². The summed E-state index contributed by atoms with van der Waals surface area (Å²) in [5.74, 6) is 1.14. The Bertz CT molecular complexity index is 324. The van der Waals surface area contributed by atoms with Crippen molar-refractivity contribution in [2.45, 2.75) is 69.7 Å². The second kappa shape index (κ2) is 6.57. The lowest BCUT2D eigenvalue weighted by Gasteiger charge is -2.43. The highest BCUT2D eigenvalue weighted by Gasteiger charge is 2.46. The zero-order chi connectivity index (χ0) is 13.8. The van der Waals surface area contributed by atoms with Crippen LogP contribution in [0.2, 0.25) is 0 Å². The first-order valence-corrected chi connectivity index (χ1v) is 8.67. The molecule has 0 amide bonds. The van der Waals surface area contributed by atoms with Crippen LogP contribution in [0.4, 0.5) is 0 Å². The van der Waals surface area contributed by atoms with Crippen molar-refractivity contribution < 1.29 is 9.53 Å². The van der Waals surface area contributed by atoms with Crippen LogP contribution in [0.25, 0.3) is 0 Å². The summed E-state index contributed by atoms with van der Waals surface area (Å²) >= 11 is 0. The van der Waals surface area contributed by atoms with Gasteiger partial charge in [0, 0.05) is 19.6 Å². The number of rotatable bonds is 4. The number of likely N-dealkylation sites (tertiary alicyclic amines) is 1. The molecule has 20 heavy (non-hydrogen) atoms. The van der Waals surface area contributed by atoms with Crippen LogP contribution in [0.15, 0.2) is 0 Å². The van der Waals surface area contributed by atoms with Crippen molar-refractivity contribution in [3.63, 3.8) is 0 Å². The van der Waals surface area contributed by atoms with Crippen LogP contribution in [0.1, 0.15) is 64.2 Å². The Morgan fingerprint density at radius 3 is 2.30 bits per heavy atom. The lowest BCUT2D eigenvalue weighted by atomic mass is 9.81. The van der Waals surface area contributed by atoms with Crippen molar-refractivity contribution in [1.82, 2.24) is 4.90 Å². The fraction of sp³-hybridized carbons (Fsp3) is 0.941. The van der Waals surface area contributed by atoms with Gasteiger partial charge in [0.25, 0.3) is 0 Å². The lowest BCUT2D eigenvalue weighted by molar-refractivity contribution is -0.133. The van der Waals surface area contributed by atoms with E-state index in [1.54, 1.807) is 0 Å². The van der Waals surface area contributed by atoms with Crippen LogP contribution in [0.5, 0.6) is 0 Å². The summed E-state index contributed by atoms with van der Waals surface area (Å²) < 4.78 is 5.43. The number of ketones is 1. The minimum absolute atomic E-state index is 0.0707. The number of ether oxygens (including phenoxy) is 1. The Morgan fingerprint density at radius 2 is 1.65 bits per heavy atom. The molecule has 2 heterocycles. The molecule has 0 aromatic rings. The van der Waals surface area contributed by atoms with E-state index in [4.69, 9.17) is 4.74 Å². The molecule has 0 N–H and O–H groups in total. The van der Waals surface area contributed by atoms with Gasteiger partial charge in [0.05, 0.1) is 5.54 Å². The monoisotopic (exact) mass is 279 g/mol. The van der Waals surface area contributed by atoms with E-state index in [9.17, 15) is 4.79 Å². The third-order valence-corrected chi connectivity index (χ3v) is 5.73. The molecule has 0 bridgehead atoms. The van der Waals surface area contributed by atoms with Gasteiger partial charge >= 0.3 is 0 Å². The molecule has 2 aliphatic heterocycles. The van der Waals surface area contributed by atoms with Crippen LogP contribution in [-0.4, -0.2) is 42.5 Å². The van der Waals surface area contributed by atoms with Crippen LogP contribution >= 0.6 is 0 Å². The predicted octanol–water partition coefficient (Wildman–Crippen LogP) is 3.17. The largest absolute Gasteiger partial charge is 0.381 e. The molecule has 3 rings (SSSR count). The lowest BCUT2D eigenvalue weighted by Crippen LogP contribution is -2.55. The highest BCUT2D eigenvalue weighted by Crippen LogP contribution is 2.39. The van der Waals surface area contributed by atoms with Crippen LogP contribution in [-0.2, 0) is 9.53 Å². The summed E-state index contributed by atoms with van der Waals surface area (Å²) in [6.45, 7) is 4.02. The van der Waals surface area contributed by atoms with Gasteiger partial charge in [0.15, 0.2) is 5.78 Å². The number of hydrogen-bond donors (Lipinski definition) is 0. The van der Waals surface area contributed by atoms with E-state index < -0.39 is 0 Å². The molecule has 2 saturated heterocycles. The third-order valence-electron chi connectivity index (χ3n) is 5.73. The van der Waals surface area contributed by atoms with Gasteiger partial charge in [-0.25, -0.2) is 0 Å². The number of piperidine rings is 1. The van der Waals surface area contributed by atoms with E-state index in [2.05, 4.69) is 4.90 Å². The molecule has 114 valence electrons. The molecule has 0 atom stereocenters. The van der Waals surface area contributed by atoms with Gasteiger partial charge in [0.1, 0.15) is 0 Å². The summed E-state index contributed by atoms with van der Waals surface area (Å²) in [5, 5.41) is 0. The van der Waals surface area contributed by atoms with Gasteiger partial charge in [-0.15, -0.1) is 0 Å². The molecule has 3 nitrogen and oxygen atoms in total. The average molecular weight is 279 g/mol. The van der Waals surface area contributed by atoms with Crippen molar-refractivity contribution in [1.29, 1.82) is 0 Å². The second-order valence-corrected chi connectivity index (χ2v) is 6.97. The first-order chi connectivity index (χ1) is 9.81. The highest BCUT2D eigenvalue weighted by atomic mass is 16.5. The topological polar surface area (TPSA) is 29.5 Å². The molecular weight excluding hydrogens is 250 g/mol. The molecule has 3 fully saturated rings. The number of nitrogens with zero attached hydrogens (tertiary/aromatic N) is 1. The van der Waals surface area contributed by atoms with Gasteiger partial charge in [-0.2, -0.15) is 0 Å². The standard InChI is InChI=1S/C17H29NO2/c19-16(14-15-6-12-20-13-7-15)17(8-2-3-9-17)18-10-4-1-5-11-18/h15H,1-14H2. The number of carbonyl (C=O) groups excluding carboxylic acids is 1. The maximum absolute atomic E-state index is 13.1. The molecule has 3 aliphatic rings. The van der Waals surface area contributed by atoms with Crippen molar-refractivity contribution >= 4 is 5.78 Å². The number of Topliss-reactive ketones (excluding diaryl/α,β-unsaturated/α-hetero) is 1. The highest BCUT2D eigenvalue weighted by molar-refractivity contribution is 5.89. The van der Waals surface area contributed by atoms with Crippen LogP contribution < -0.4 is 0 Å². The van der Waals surface area contributed by atoms with Gasteiger partial charge < -0.3 is 4.74 Å². The second-order valence-electron chi connectivity index (χ2n) is 6.97. The normalized spacial score (nSPS) is 28.6. The van der Waals surface area contributed by atoms with Crippen molar-refractivity contribution in [2.75, 3.05) is 26.3 Å². The molecule has 1 saturated carbocycles. The van der Waals surface area contributed by atoms with Crippen LogP contribution in [0, 0.1) is 5.92 Å². The summed E-state index contributed by atoms with van der Waals surface area (Å²) in [7, 11) is 0. The summed E-state index contributed by atoms with van der Waals surface area (Å²) in [6, 6.07) is 0. The summed E-state index contributed by atoms with van der Waals surface area (Å²) in [4.78, 5) is 15.6. The molecule has 0 aromatic heterocycles. The Hall–Kier alpha value is -0.410. The van der Waals surface area contributed by atoms with E-state index in [1.165, 1.54) is 32.1 Å². The smallest absolute Gasteiger partial charge is 0.153 e. The summed E-state index contributed by atoms with van der Waals surface area (Å²) in [5.41, 5.74) is -0.0707. The zero-order valence-electron chi connectivity index (χ0n) is 12.7. The van der Waals surface area contributed by atoms with Crippen molar-refractivity contribution in [2.24, 2.45) is 5.92 Å². The molecule has 0 aromatic carbocycles. The van der Waals surface area contributed by atoms with Crippen LogP contribution in [0.3, 0.4) is 0 Å². The Morgan fingerprint density at radius 1 is 1.00 bits per heavy atom. The SMILES string of the molecule is O=C(CC1CCOCC1)C1(N2CCCCC2)CCCC1. The fourth-order valence-electron chi connectivity index (χ4n) is 4.46. The third kappa shape index (κ3) is 2.94. The van der Waals surface area contributed by atoms with E-state index in [0.717, 1.165) is 58.4 Å². The maximum Gasteiger partial charge on any atom is 0.153 e. The fourth-order valence-corrected chi connectivity index (χ4v) is 4.46. The molecule has 0 unspecified atom stereocenters. The summed E-state index contributed by atoms with van der Waals surface area (Å²) in [6.07, 6.45) is 11.6. The van der Waals surface area contributed by atoms with Gasteiger partial charge in [-0.1, -0.05) is 19.3 Å².